The van der Waals surface area contributed by atoms with Crippen molar-refractivity contribution in [2.75, 3.05) is 6.61 Å². The van der Waals surface area contributed by atoms with Gasteiger partial charge in [-0.05, 0) is 13.0 Å². The molecule has 0 amide bonds. The molecule has 0 saturated carbocycles. The molecule has 0 fully saturated rings. The van der Waals surface area contributed by atoms with E-state index >= 15 is 0 Å². The monoisotopic (exact) mass is 206 g/mol. The largest absolute Gasteiger partial charge is 0.453 e. The van der Waals surface area contributed by atoms with Gasteiger partial charge in [0.15, 0.2) is 6.61 Å². The summed E-state index contributed by atoms with van der Waals surface area (Å²) in [5, 5.41) is 0. The second-order valence-corrected chi connectivity index (χ2v) is 2.86. The summed E-state index contributed by atoms with van der Waals surface area (Å²) < 4.78 is 9.36. The molecule has 0 N–H and O–H groups in total. The third-order valence-electron chi connectivity index (χ3n) is 1.47. The lowest BCUT2D eigenvalue weighted by atomic mass is 10.2. The Morgan fingerprint density at radius 3 is 2.87 bits per heavy atom. The van der Waals surface area contributed by atoms with E-state index in [1.807, 2.05) is 0 Å². The number of carbonyl (C=O) groups excluding carboxylic acids is 1. The van der Waals surface area contributed by atoms with Crippen LogP contribution < -0.4 is 5.63 Å². The number of hydrogen-bond donors (Lipinski definition) is 0. The van der Waals surface area contributed by atoms with Gasteiger partial charge in [0.2, 0.25) is 0 Å². The van der Waals surface area contributed by atoms with Gasteiger partial charge in [0, 0.05) is 18.6 Å². The molecular weight excluding hydrogens is 196 g/mol. The van der Waals surface area contributed by atoms with Crippen LogP contribution in [-0.2, 0) is 9.53 Å². The van der Waals surface area contributed by atoms with Gasteiger partial charge in [-0.15, -0.1) is 0 Å². The van der Waals surface area contributed by atoms with Gasteiger partial charge in [-0.2, -0.15) is 0 Å². The van der Waals surface area contributed by atoms with Gasteiger partial charge in [0.1, 0.15) is 5.76 Å². The smallest absolute Gasteiger partial charge is 0.337 e. The molecule has 1 heterocycles. The number of rotatable bonds is 1. The normalized spacial score (nSPS) is 8.93. The maximum atomic E-state index is 10.9. The van der Waals surface area contributed by atoms with Crippen molar-refractivity contribution < 1.29 is 13.9 Å². The summed E-state index contributed by atoms with van der Waals surface area (Å²) in [6.07, 6.45) is 0. The molecule has 0 aromatic carbocycles. The van der Waals surface area contributed by atoms with Crippen LogP contribution >= 0.6 is 0 Å². The fraction of sp³-hybridized carbons (Fsp3) is 0.273. The van der Waals surface area contributed by atoms with Crippen LogP contribution in [0.25, 0.3) is 0 Å². The van der Waals surface area contributed by atoms with Gasteiger partial charge in [-0.25, -0.2) is 4.79 Å². The van der Waals surface area contributed by atoms with Crippen molar-refractivity contribution in [1.82, 2.24) is 0 Å². The average Bonchev–Trinajstić information content (AvgIpc) is 2.10. The Morgan fingerprint density at radius 2 is 2.27 bits per heavy atom. The molecule has 0 radical (unpaired) electrons. The zero-order valence-electron chi connectivity index (χ0n) is 8.49. The predicted molar refractivity (Wildman–Crippen MR) is 53.2 cm³/mol. The van der Waals surface area contributed by atoms with E-state index in [0.717, 1.165) is 0 Å². The summed E-state index contributed by atoms with van der Waals surface area (Å²) in [6.45, 7) is 3.00. The van der Waals surface area contributed by atoms with E-state index in [-0.39, 0.29) is 12.6 Å². The molecule has 0 bridgehead atoms. The molecule has 4 heteroatoms. The van der Waals surface area contributed by atoms with E-state index in [0.29, 0.717) is 11.3 Å². The maximum Gasteiger partial charge on any atom is 0.337 e. The van der Waals surface area contributed by atoms with Crippen LogP contribution in [0, 0.1) is 18.8 Å². The van der Waals surface area contributed by atoms with Crippen LogP contribution in [0.2, 0.25) is 0 Å². The molecular formula is C11H10O4. The first-order valence-corrected chi connectivity index (χ1v) is 4.32. The minimum Gasteiger partial charge on any atom is -0.453 e. The Kier molecular flexibility index (Phi) is 3.69. The first-order valence-electron chi connectivity index (χ1n) is 4.32. The van der Waals surface area contributed by atoms with E-state index in [9.17, 15) is 9.59 Å². The number of hydrogen-bond acceptors (Lipinski definition) is 4. The Labute approximate surface area is 86.9 Å². The van der Waals surface area contributed by atoms with Gasteiger partial charge in [-0.1, -0.05) is 11.8 Å². The summed E-state index contributed by atoms with van der Waals surface area (Å²) >= 11 is 0. The van der Waals surface area contributed by atoms with Crippen LogP contribution in [0.15, 0.2) is 21.3 Å². The lowest BCUT2D eigenvalue weighted by Gasteiger charge is -1.93. The first kappa shape index (κ1) is 11.1. The minimum atomic E-state index is -0.438. The molecule has 0 atom stereocenters. The number of esters is 1. The topological polar surface area (TPSA) is 56.5 Å². The lowest BCUT2D eigenvalue weighted by molar-refractivity contribution is -0.139. The zero-order valence-corrected chi connectivity index (χ0v) is 8.49. The summed E-state index contributed by atoms with van der Waals surface area (Å²) in [5.74, 6) is 5.43. The summed E-state index contributed by atoms with van der Waals surface area (Å²) in [6, 6.07) is 2.93. The maximum absolute atomic E-state index is 10.9. The van der Waals surface area contributed by atoms with Crippen molar-refractivity contribution in [3.05, 3.63) is 33.9 Å². The van der Waals surface area contributed by atoms with Gasteiger partial charge in [0.05, 0.1) is 0 Å². The van der Waals surface area contributed by atoms with Crippen molar-refractivity contribution in [2.45, 2.75) is 13.8 Å². The molecule has 0 aliphatic heterocycles. The fourth-order valence-electron chi connectivity index (χ4n) is 0.953. The number of ether oxygens (including phenoxy) is 1. The van der Waals surface area contributed by atoms with Crippen LogP contribution in [0.1, 0.15) is 18.2 Å². The number of aryl methyl sites for hydroxylation is 1. The molecule has 0 unspecified atom stereocenters. The van der Waals surface area contributed by atoms with Gasteiger partial charge in [-0.3, -0.25) is 4.79 Å². The van der Waals surface area contributed by atoms with Gasteiger partial charge in [0.25, 0.3) is 0 Å². The average molecular weight is 206 g/mol. The van der Waals surface area contributed by atoms with Crippen LogP contribution in [0.3, 0.4) is 0 Å². The zero-order chi connectivity index (χ0) is 11.3. The summed E-state index contributed by atoms with van der Waals surface area (Å²) in [4.78, 5) is 21.3. The Hall–Kier alpha value is -2.02. The molecule has 78 valence electrons. The molecule has 0 aliphatic rings. The van der Waals surface area contributed by atoms with E-state index in [1.165, 1.54) is 13.0 Å². The quantitative estimate of drug-likeness (QED) is 0.505. The lowest BCUT2D eigenvalue weighted by Crippen LogP contribution is -1.99. The van der Waals surface area contributed by atoms with Crippen molar-refractivity contribution in [1.29, 1.82) is 0 Å². The van der Waals surface area contributed by atoms with Crippen molar-refractivity contribution in [3.63, 3.8) is 0 Å². The van der Waals surface area contributed by atoms with Crippen molar-refractivity contribution in [3.8, 4) is 11.8 Å². The highest BCUT2D eigenvalue weighted by Crippen LogP contribution is 1.97. The standard InChI is InChI=1S/C11H10O4/c1-8-6-10(7-11(13)15-8)4-3-5-14-9(2)12/h6-7H,5H2,1-2H3. The third kappa shape index (κ3) is 4.14. The molecule has 0 spiro atoms. The van der Waals surface area contributed by atoms with Gasteiger partial charge >= 0.3 is 11.6 Å². The Morgan fingerprint density at radius 1 is 1.53 bits per heavy atom. The Bertz CT molecular complexity index is 473. The molecule has 1 aromatic rings. The molecule has 15 heavy (non-hydrogen) atoms. The fourth-order valence-corrected chi connectivity index (χ4v) is 0.953. The molecule has 1 aromatic heterocycles. The van der Waals surface area contributed by atoms with Gasteiger partial charge < -0.3 is 9.15 Å². The van der Waals surface area contributed by atoms with E-state index in [4.69, 9.17) is 4.42 Å². The van der Waals surface area contributed by atoms with Crippen LogP contribution in [0.5, 0.6) is 0 Å². The molecule has 0 saturated heterocycles. The summed E-state index contributed by atoms with van der Waals surface area (Å²) in [5.41, 5.74) is 0.114. The molecule has 1 rings (SSSR count). The highest BCUT2D eigenvalue weighted by Gasteiger charge is 1.94. The Balaban J connectivity index is 2.71. The first-order chi connectivity index (χ1) is 7.08. The minimum absolute atomic E-state index is 0.0224. The van der Waals surface area contributed by atoms with E-state index in [1.54, 1.807) is 13.0 Å². The predicted octanol–water partition coefficient (Wildman–Crippen LogP) is 0.863. The third-order valence-corrected chi connectivity index (χ3v) is 1.47. The molecule has 4 nitrogen and oxygen atoms in total. The highest BCUT2D eigenvalue weighted by molar-refractivity contribution is 5.66. The molecule has 0 aliphatic carbocycles. The highest BCUT2D eigenvalue weighted by atomic mass is 16.5. The van der Waals surface area contributed by atoms with Crippen LogP contribution in [-0.4, -0.2) is 12.6 Å². The summed E-state index contributed by atoms with van der Waals surface area (Å²) in [7, 11) is 0. The SMILES string of the molecule is CC(=O)OCC#Cc1cc(C)oc(=O)c1. The van der Waals surface area contributed by atoms with E-state index < -0.39 is 5.63 Å². The second kappa shape index (κ2) is 5.01. The van der Waals surface area contributed by atoms with Crippen molar-refractivity contribution in [2.24, 2.45) is 0 Å². The van der Waals surface area contributed by atoms with Crippen LogP contribution in [0.4, 0.5) is 0 Å². The van der Waals surface area contributed by atoms with Crippen molar-refractivity contribution >= 4 is 5.97 Å². The number of carbonyl (C=O) groups is 1. The second-order valence-electron chi connectivity index (χ2n) is 2.86. The van der Waals surface area contributed by atoms with E-state index in [2.05, 4.69) is 16.6 Å².